The van der Waals surface area contributed by atoms with Crippen LogP contribution in [0.5, 0.6) is 0 Å². The Morgan fingerprint density at radius 1 is 1.10 bits per heavy atom. The minimum absolute atomic E-state index is 0.156. The van der Waals surface area contributed by atoms with Crippen molar-refractivity contribution in [1.82, 2.24) is 5.32 Å². The number of thiophene rings is 1. The Labute approximate surface area is 124 Å². The van der Waals surface area contributed by atoms with Crippen molar-refractivity contribution in [1.29, 1.82) is 0 Å². The van der Waals surface area contributed by atoms with Crippen molar-refractivity contribution in [3.05, 3.63) is 57.5 Å². The summed E-state index contributed by atoms with van der Waals surface area (Å²) in [6, 6.07) is 12.0. The van der Waals surface area contributed by atoms with Gasteiger partial charge in [0.1, 0.15) is 5.82 Å². The average molecular weight is 291 g/mol. The lowest BCUT2D eigenvalue weighted by Gasteiger charge is -2.19. The number of rotatable bonds is 6. The molecule has 2 rings (SSSR count). The van der Waals surface area contributed by atoms with Crippen LogP contribution in [0.25, 0.3) is 0 Å². The lowest BCUT2D eigenvalue weighted by atomic mass is 10.1. The fourth-order valence-corrected chi connectivity index (χ4v) is 3.54. The number of hydrogen-bond acceptors (Lipinski definition) is 2. The molecule has 0 saturated heterocycles. The van der Waals surface area contributed by atoms with Crippen molar-refractivity contribution in [3.63, 3.8) is 0 Å². The highest BCUT2D eigenvalue weighted by Gasteiger charge is 2.10. The third kappa shape index (κ3) is 4.73. The largest absolute Gasteiger partial charge is 0.311 e. The zero-order chi connectivity index (χ0) is 14.5. The maximum absolute atomic E-state index is 13.2. The summed E-state index contributed by atoms with van der Waals surface area (Å²) in [6.07, 6.45) is 1.90. The molecule has 2 aromatic rings. The zero-order valence-corrected chi connectivity index (χ0v) is 13.1. The van der Waals surface area contributed by atoms with Crippen LogP contribution >= 0.6 is 11.3 Å². The van der Waals surface area contributed by atoms with Crippen LogP contribution < -0.4 is 5.32 Å². The summed E-state index contributed by atoms with van der Waals surface area (Å²) >= 11 is 1.86. The molecule has 2 atom stereocenters. The molecule has 2 unspecified atom stereocenters. The quantitative estimate of drug-likeness (QED) is 0.834. The lowest BCUT2D eigenvalue weighted by molar-refractivity contribution is 0.463. The van der Waals surface area contributed by atoms with Gasteiger partial charge in [-0.15, -0.1) is 11.3 Å². The zero-order valence-electron chi connectivity index (χ0n) is 12.3. The van der Waals surface area contributed by atoms with Gasteiger partial charge in [0.15, 0.2) is 0 Å². The number of aryl methyl sites for hydroxylation is 1. The van der Waals surface area contributed by atoms with Crippen LogP contribution in [0.3, 0.4) is 0 Å². The molecule has 0 aliphatic heterocycles. The summed E-state index contributed by atoms with van der Waals surface area (Å²) in [6.45, 7) is 6.50. The van der Waals surface area contributed by atoms with E-state index in [0.717, 1.165) is 18.4 Å². The Hall–Kier alpha value is -1.19. The lowest BCUT2D eigenvalue weighted by Crippen LogP contribution is -2.37. The van der Waals surface area contributed by atoms with E-state index < -0.39 is 0 Å². The predicted octanol–water partition coefficient (Wildman–Crippen LogP) is 4.35. The summed E-state index contributed by atoms with van der Waals surface area (Å²) in [4.78, 5) is 2.78. The summed E-state index contributed by atoms with van der Waals surface area (Å²) in [5.74, 6) is -0.156. The maximum atomic E-state index is 13.2. The van der Waals surface area contributed by atoms with E-state index in [1.165, 1.54) is 15.8 Å². The minimum atomic E-state index is -0.156. The molecule has 0 saturated carbocycles. The van der Waals surface area contributed by atoms with Crippen LogP contribution in [0.15, 0.2) is 36.4 Å². The summed E-state index contributed by atoms with van der Waals surface area (Å²) in [5, 5.41) is 3.59. The van der Waals surface area contributed by atoms with Crippen LogP contribution in [-0.2, 0) is 12.8 Å². The van der Waals surface area contributed by atoms with Gasteiger partial charge in [0.2, 0.25) is 0 Å². The van der Waals surface area contributed by atoms with Crippen molar-refractivity contribution in [3.8, 4) is 0 Å². The highest BCUT2D eigenvalue weighted by molar-refractivity contribution is 7.11. The Morgan fingerprint density at radius 2 is 1.85 bits per heavy atom. The van der Waals surface area contributed by atoms with Gasteiger partial charge >= 0.3 is 0 Å². The summed E-state index contributed by atoms with van der Waals surface area (Å²) in [5.41, 5.74) is 1.05. The standard InChI is InChI=1S/C17H22FNS/c1-12(9-15-5-4-6-16(18)11-15)19-13(2)10-17-8-7-14(3)20-17/h4-8,11-13,19H,9-10H2,1-3H3. The van der Waals surface area contributed by atoms with E-state index in [4.69, 9.17) is 0 Å². The molecule has 0 aliphatic rings. The highest BCUT2D eigenvalue weighted by atomic mass is 32.1. The van der Waals surface area contributed by atoms with E-state index in [9.17, 15) is 4.39 Å². The van der Waals surface area contributed by atoms with Gasteiger partial charge in [-0.25, -0.2) is 4.39 Å². The second kappa shape index (κ2) is 7.00. The van der Waals surface area contributed by atoms with Gasteiger partial charge in [0.05, 0.1) is 0 Å². The molecule has 0 fully saturated rings. The molecule has 1 aromatic heterocycles. The molecule has 1 aromatic carbocycles. The Morgan fingerprint density at radius 3 is 2.50 bits per heavy atom. The van der Waals surface area contributed by atoms with Gasteiger partial charge in [-0.1, -0.05) is 12.1 Å². The third-order valence-corrected chi connectivity index (χ3v) is 4.33. The summed E-state index contributed by atoms with van der Waals surface area (Å²) in [7, 11) is 0. The van der Waals surface area contributed by atoms with Crippen LogP contribution in [0.2, 0.25) is 0 Å². The smallest absolute Gasteiger partial charge is 0.123 e. The Balaban J connectivity index is 1.83. The van der Waals surface area contributed by atoms with Crippen LogP contribution in [0.1, 0.15) is 29.2 Å². The van der Waals surface area contributed by atoms with Crippen LogP contribution in [-0.4, -0.2) is 12.1 Å². The van der Waals surface area contributed by atoms with E-state index in [-0.39, 0.29) is 5.82 Å². The van der Waals surface area contributed by atoms with Crippen molar-refractivity contribution in [2.45, 2.75) is 45.7 Å². The molecule has 1 heterocycles. The Bertz CT molecular complexity index is 549. The first kappa shape index (κ1) is 15.2. The molecule has 1 nitrogen and oxygen atoms in total. The van der Waals surface area contributed by atoms with Crippen LogP contribution in [0.4, 0.5) is 4.39 Å². The normalized spacial score (nSPS) is 14.2. The molecule has 0 aliphatic carbocycles. The predicted molar refractivity (Wildman–Crippen MR) is 84.9 cm³/mol. The molecule has 1 N–H and O–H groups in total. The fraction of sp³-hybridized carbons (Fsp3) is 0.412. The monoisotopic (exact) mass is 291 g/mol. The number of nitrogens with one attached hydrogen (secondary N) is 1. The molecule has 0 bridgehead atoms. The van der Waals surface area contributed by atoms with Crippen molar-refractivity contribution < 1.29 is 4.39 Å². The van der Waals surface area contributed by atoms with E-state index in [0.29, 0.717) is 12.1 Å². The SMILES string of the molecule is Cc1ccc(CC(C)NC(C)Cc2cccc(F)c2)s1. The third-order valence-electron chi connectivity index (χ3n) is 3.30. The van der Waals surface area contributed by atoms with Gasteiger partial charge in [-0.3, -0.25) is 0 Å². The second-order valence-corrected chi connectivity index (χ2v) is 6.89. The van der Waals surface area contributed by atoms with Crippen LogP contribution in [0, 0.1) is 12.7 Å². The first-order valence-electron chi connectivity index (χ1n) is 7.08. The first-order valence-corrected chi connectivity index (χ1v) is 7.90. The summed E-state index contributed by atoms with van der Waals surface area (Å²) < 4.78 is 13.2. The fourth-order valence-electron chi connectivity index (χ4n) is 2.52. The first-order chi connectivity index (χ1) is 9.52. The average Bonchev–Trinajstić information content (AvgIpc) is 2.74. The molecule has 3 heteroatoms. The van der Waals surface area contributed by atoms with Gasteiger partial charge in [0, 0.05) is 21.8 Å². The van der Waals surface area contributed by atoms with E-state index in [1.54, 1.807) is 12.1 Å². The molecule has 0 radical (unpaired) electrons. The van der Waals surface area contributed by atoms with Gasteiger partial charge in [-0.05, 0) is 63.4 Å². The molecular formula is C17H22FNS. The van der Waals surface area contributed by atoms with E-state index in [1.807, 2.05) is 17.4 Å². The maximum Gasteiger partial charge on any atom is 0.123 e. The molecule has 108 valence electrons. The highest BCUT2D eigenvalue weighted by Crippen LogP contribution is 2.17. The van der Waals surface area contributed by atoms with Gasteiger partial charge in [0.25, 0.3) is 0 Å². The topological polar surface area (TPSA) is 12.0 Å². The van der Waals surface area contributed by atoms with Gasteiger partial charge < -0.3 is 5.32 Å². The second-order valence-electron chi connectivity index (χ2n) is 5.52. The minimum Gasteiger partial charge on any atom is -0.311 e. The van der Waals surface area contributed by atoms with Crippen molar-refractivity contribution in [2.24, 2.45) is 0 Å². The Kier molecular flexibility index (Phi) is 5.32. The molecule has 0 spiro atoms. The molecular weight excluding hydrogens is 269 g/mol. The van der Waals surface area contributed by atoms with Crippen molar-refractivity contribution in [2.75, 3.05) is 0 Å². The van der Waals surface area contributed by atoms with E-state index in [2.05, 4.69) is 38.2 Å². The van der Waals surface area contributed by atoms with Crippen molar-refractivity contribution >= 4 is 11.3 Å². The number of hydrogen-bond donors (Lipinski definition) is 1. The van der Waals surface area contributed by atoms with Gasteiger partial charge in [-0.2, -0.15) is 0 Å². The molecule has 20 heavy (non-hydrogen) atoms. The van der Waals surface area contributed by atoms with E-state index >= 15 is 0 Å². The number of benzene rings is 1. The molecule has 0 amide bonds. The number of halogens is 1.